The maximum atomic E-state index is 5.87. The minimum Gasteiger partial charge on any atom is -0.472 e. The predicted octanol–water partition coefficient (Wildman–Crippen LogP) is 4.34. The van der Waals surface area contributed by atoms with Gasteiger partial charge in [-0.2, -0.15) is 0 Å². The average molecular weight is 250 g/mol. The van der Waals surface area contributed by atoms with Crippen LogP contribution in [0.15, 0.2) is 47.3 Å². The fourth-order valence-corrected chi connectivity index (χ4v) is 1.97. The summed E-state index contributed by atoms with van der Waals surface area (Å²) < 4.78 is 5.08. The van der Waals surface area contributed by atoms with Crippen molar-refractivity contribution in [2.45, 2.75) is 25.9 Å². The number of rotatable bonds is 4. The molecule has 1 aromatic heterocycles. The molecule has 1 aromatic carbocycles. The van der Waals surface area contributed by atoms with Gasteiger partial charge in [-0.1, -0.05) is 23.7 Å². The van der Waals surface area contributed by atoms with Gasteiger partial charge in [-0.3, -0.25) is 0 Å². The van der Waals surface area contributed by atoms with E-state index in [0.29, 0.717) is 0 Å². The second-order valence-corrected chi connectivity index (χ2v) is 4.65. The molecule has 2 rings (SSSR count). The number of nitrogens with one attached hydrogen (secondary N) is 1. The maximum Gasteiger partial charge on any atom is 0.0950 e. The first kappa shape index (κ1) is 12.2. The number of furan rings is 1. The van der Waals surface area contributed by atoms with Gasteiger partial charge in [-0.05, 0) is 37.6 Å². The Balaban J connectivity index is 2.01. The second kappa shape index (κ2) is 5.39. The topological polar surface area (TPSA) is 25.2 Å². The van der Waals surface area contributed by atoms with Gasteiger partial charge in [0, 0.05) is 22.7 Å². The SMILES string of the molecule is CC(N[C@H](C)c1ccc(Cl)cc1)c1ccoc1. The van der Waals surface area contributed by atoms with Crippen molar-refractivity contribution in [1.82, 2.24) is 5.32 Å². The lowest BCUT2D eigenvalue weighted by atomic mass is 10.1. The Morgan fingerprint density at radius 3 is 2.24 bits per heavy atom. The monoisotopic (exact) mass is 249 g/mol. The van der Waals surface area contributed by atoms with Crippen molar-refractivity contribution in [3.8, 4) is 0 Å². The predicted molar refractivity (Wildman–Crippen MR) is 70.1 cm³/mol. The quantitative estimate of drug-likeness (QED) is 0.872. The van der Waals surface area contributed by atoms with E-state index in [1.165, 1.54) is 5.56 Å². The molecule has 0 saturated heterocycles. The van der Waals surface area contributed by atoms with Gasteiger partial charge in [0.05, 0.1) is 12.5 Å². The van der Waals surface area contributed by atoms with Gasteiger partial charge in [-0.15, -0.1) is 0 Å². The zero-order valence-electron chi connectivity index (χ0n) is 9.98. The zero-order valence-corrected chi connectivity index (χ0v) is 10.7. The van der Waals surface area contributed by atoms with E-state index in [4.69, 9.17) is 16.0 Å². The van der Waals surface area contributed by atoms with Crippen LogP contribution in [0.25, 0.3) is 0 Å². The molecule has 17 heavy (non-hydrogen) atoms. The van der Waals surface area contributed by atoms with Gasteiger partial charge in [0.1, 0.15) is 0 Å². The van der Waals surface area contributed by atoms with Crippen LogP contribution in [0.3, 0.4) is 0 Å². The summed E-state index contributed by atoms with van der Waals surface area (Å²) in [6.07, 6.45) is 3.46. The first-order valence-corrected chi connectivity index (χ1v) is 6.08. The highest BCUT2D eigenvalue weighted by Gasteiger charge is 2.11. The van der Waals surface area contributed by atoms with Crippen LogP contribution in [-0.2, 0) is 0 Å². The fourth-order valence-electron chi connectivity index (χ4n) is 1.84. The second-order valence-electron chi connectivity index (χ2n) is 4.22. The Labute approximate surface area is 107 Å². The molecule has 0 aliphatic heterocycles. The molecule has 2 atom stereocenters. The van der Waals surface area contributed by atoms with Gasteiger partial charge in [0.25, 0.3) is 0 Å². The number of halogens is 1. The third-order valence-electron chi connectivity index (χ3n) is 2.91. The smallest absolute Gasteiger partial charge is 0.0950 e. The molecule has 2 aromatic rings. The summed E-state index contributed by atoms with van der Waals surface area (Å²) in [6, 6.07) is 10.4. The van der Waals surface area contributed by atoms with Gasteiger partial charge in [0.15, 0.2) is 0 Å². The number of hydrogen-bond donors (Lipinski definition) is 1. The number of benzene rings is 1. The molecule has 90 valence electrons. The maximum absolute atomic E-state index is 5.87. The summed E-state index contributed by atoms with van der Waals surface area (Å²) in [7, 11) is 0. The highest BCUT2D eigenvalue weighted by atomic mass is 35.5. The molecule has 0 spiro atoms. The van der Waals surface area contributed by atoms with Crippen molar-refractivity contribution >= 4 is 11.6 Å². The van der Waals surface area contributed by atoms with Crippen molar-refractivity contribution in [2.75, 3.05) is 0 Å². The van der Waals surface area contributed by atoms with Crippen molar-refractivity contribution in [3.63, 3.8) is 0 Å². The van der Waals surface area contributed by atoms with Crippen LogP contribution in [0.1, 0.15) is 37.1 Å². The van der Waals surface area contributed by atoms with E-state index in [-0.39, 0.29) is 12.1 Å². The first-order chi connectivity index (χ1) is 8.16. The molecule has 1 N–H and O–H groups in total. The van der Waals surface area contributed by atoms with E-state index >= 15 is 0 Å². The van der Waals surface area contributed by atoms with E-state index in [1.54, 1.807) is 12.5 Å². The number of hydrogen-bond acceptors (Lipinski definition) is 2. The largest absolute Gasteiger partial charge is 0.472 e. The molecule has 0 aliphatic carbocycles. The summed E-state index contributed by atoms with van der Waals surface area (Å²) in [5, 5.41) is 4.28. The van der Waals surface area contributed by atoms with Crippen molar-refractivity contribution in [3.05, 3.63) is 59.0 Å². The Morgan fingerprint density at radius 1 is 1.00 bits per heavy atom. The van der Waals surface area contributed by atoms with Crippen molar-refractivity contribution in [1.29, 1.82) is 0 Å². The highest BCUT2D eigenvalue weighted by molar-refractivity contribution is 6.30. The highest BCUT2D eigenvalue weighted by Crippen LogP contribution is 2.20. The van der Waals surface area contributed by atoms with Crippen molar-refractivity contribution < 1.29 is 4.42 Å². The summed E-state index contributed by atoms with van der Waals surface area (Å²) in [6.45, 7) is 4.26. The van der Waals surface area contributed by atoms with Crippen LogP contribution in [-0.4, -0.2) is 0 Å². The lowest BCUT2D eigenvalue weighted by molar-refractivity contribution is 0.486. The minimum atomic E-state index is 0.263. The van der Waals surface area contributed by atoms with E-state index in [9.17, 15) is 0 Å². The molecule has 0 aliphatic rings. The average Bonchev–Trinajstić information content (AvgIpc) is 2.83. The van der Waals surface area contributed by atoms with Crippen LogP contribution < -0.4 is 5.32 Å². The van der Waals surface area contributed by atoms with E-state index in [2.05, 4.69) is 19.2 Å². The van der Waals surface area contributed by atoms with Crippen LogP contribution in [0, 0.1) is 0 Å². The molecule has 0 saturated carbocycles. The summed E-state index contributed by atoms with van der Waals surface area (Å²) >= 11 is 5.87. The first-order valence-electron chi connectivity index (χ1n) is 5.70. The third-order valence-corrected chi connectivity index (χ3v) is 3.17. The molecule has 0 fully saturated rings. The minimum absolute atomic E-state index is 0.263. The lowest BCUT2D eigenvalue weighted by Gasteiger charge is -2.19. The molecule has 1 heterocycles. The molecule has 2 nitrogen and oxygen atoms in total. The summed E-state index contributed by atoms with van der Waals surface area (Å²) in [5.41, 5.74) is 2.38. The van der Waals surface area contributed by atoms with Gasteiger partial charge in [0.2, 0.25) is 0 Å². The molecule has 3 heteroatoms. The molecule has 0 radical (unpaired) electrons. The molecule has 0 amide bonds. The Kier molecular flexibility index (Phi) is 3.87. The van der Waals surface area contributed by atoms with E-state index in [0.717, 1.165) is 10.6 Å². The summed E-state index contributed by atoms with van der Waals surface area (Å²) in [5.74, 6) is 0. The lowest BCUT2D eigenvalue weighted by Crippen LogP contribution is -2.22. The molecular weight excluding hydrogens is 234 g/mol. The zero-order chi connectivity index (χ0) is 12.3. The molecule has 1 unspecified atom stereocenters. The van der Waals surface area contributed by atoms with Crippen LogP contribution in [0.4, 0.5) is 0 Å². The van der Waals surface area contributed by atoms with Crippen LogP contribution in [0.5, 0.6) is 0 Å². The van der Waals surface area contributed by atoms with Gasteiger partial charge < -0.3 is 9.73 Å². The van der Waals surface area contributed by atoms with Crippen LogP contribution in [0.2, 0.25) is 5.02 Å². The van der Waals surface area contributed by atoms with Gasteiger partial charge in [-0.25, -0.2) is 0 Å². The fraction of sp³-hybridized carbons (Fsp3) is 0.286. The standard InChI is InChI=1S/C14H16ClNO/c1-10(12-3-5-14(15)6-4-12)16-11(2)13-7-8-17-9-13/h3-11,16H,1-2H3/t10-,11?/m1/s1. The third kappa shape index (κ3) is 3.11. The van der Waals surface area contributed by atoms with E-state index in [1.807, 2.05) is 30.3 Å². The molecular formula is C14H16ClNO. The Hall–Kier alpha value is -1.25. The normalized spacial score (nSPS) is 14.5. The Bertz CT molecular complexity index is 450. The molecule has 0 bridgehead atoms. The van der Waals surface area contributed by atoms with Crippen LogP contribution >= 0.6 is 11.6 Å². The van der Waals surface area contributed by atoms with E-state index < -0.39 is 0 Å². The van der Waals surface area contributed by atoms with Crippen molar-refractivity contribution in [2.24, 2.45) is 0 Å². The van der Waals surface area contributed by atoms with Gasteiger partial charge >= 0.3 is 0 Å². The summed E-state index contributed by atoms with van der Waals surface area (Å²) in [4.78, 5) is 0. The Morgan fingerprint density at radius 2 is 1.65 bits per heavy atom.